The average Bonchev–Trinajstić information content (AvgIpc) is 3.03. The largest absolute Gasteiger partial charge is 0.497 e. The number of hydrogen-bond acceptors (Lipinski definition) is 3. The van der Waals surface area contributed by atoms with Crippen molar-refractivity contribution in [1.82, 2.24) is 10.2 Å². The number of rotatable bonds is 5. The van der Waals surface area contributed by atoms with E-state index in [0.717, 1.165) is 50.1 Å². The number of nitrogens with one attached hydrogen (secondary N) is 1. The van der Waals surface area contributed by atoms with Gasteiger partial charge in [-0.3, -0.25) is 9.59 Å². The van der Waals surface area contributed by atoms with E-state index in [1.165, 1.54) is 0 Å². The molecular formula is C23H26N2O3. The quantitative estimate of drug-likeness (QED) is 0.804. The van der Waals surface area contributed by atoms with E-state index in [1.807, 2.05) is 35.2 Å². The van der Waals surface area contributed by atoms with Crippen molar-refractivity contribution in [2.75, 3.05) is 20.2 Å². The predicted molar refractivity (Wildman–Crippen MR) is 110 cm³/mol. The van der Waals surface area contributed by atoms with E-state index >= 15 is 0 Å². The van der Waals surface area contributed by atoms with Gasteiger partial charge in [-0.25, -0.2) is 0 Å². The second-order valence-corrected chi connectivity index (χ2v) is 6.86. The predicted octanol–water partition coefficient (Wildman–Crippen LogP) is 3.87. The van der Waals surface area contributed by atoms with Crippen molar-refractivity contribution in [3.63, 3.8) is 0 Å². The van der Waals surface area contributed by atoms with Gasteiger partial charge in [-0.05, 0) is 48.7 Å². The van der Waals surface area contributed by atoms with Gasteiger partial charge in [-0.1, -0.05) is 43.2 Å². The average molecular weight is 378 g/mol. The normalized spacial score (nSPS) is 14.9. The van der Waals surface area contributed by atoms with E-state index in [0.29, 0.717) is 11.3 Å². The zero-order chi connectivity index (χ0) is 19.8. The third-order valence-electron chi connectivity index (χ3n) is 4.83. The first-order valence-corrected chi connectivity index (χ1v) is 9.69. The number of likely N-dealkylation sites (tertiary alicyclic amines) is 1. The fourth-order valence-electron chi connectivity index (χ4n) is 3.25. The second-order valence-electron chi connectivity index (χ2n) is 6.86. The third kappa shape index (κ3) is 5.22. The topological polar surface area (TPSA) is 58.6 Å². The van der Waals surface area contributed by atoms with Crippen LogP contribution in [0.4, 0.5) is 0 Å². The summed E-state index contributed by atoms with van der Waals surface area (Å²) >= 11 is 0. The van der Waals surface area contributed by atoms with E-state index in [1.54, 1.807) is 37.5 Å². The first-order valence-electron chi connectivity index (χ1n) is 9.69. The van der Waals surface area contributed by atoms with Crippen LogP contribution >= 0.6 is 0 Å². The Balaban J connectivity index is 1.86. The highest BCUT2D eigenvalue weighted by Gasteiger charge is 2.21. The Morgan fingerprint density at radius 1 is 0.929 bits per heavy atom. The first-order chi connectivity index (χ1) is 13.7. The van der Waals surface area contributed by atoms with Gasteiger partial charge in [0.05, 0.1) is 7.11 Å². The molecule has 5 heteroatoms. The zero-order valence-corrected chi connectivity index (χ0v) is 16.2. The van der Waals surface area contributed by atoms with Gasteiger partial charge in [-0.15, -0.1) is 0 Å². The molecule has 1 aliphatic rings. The monoisotopic (exact) mass is 378 g/mol. The summed E-state index contributed by atoms with van der Waals surface area (Å²) in [5.74, 6) is 0.316. The molecule has 0 radical (unpaired) electrons. The number of ether oxygens (including phenoxy) is 1. The Morgan fingerprint density at radius 3 is 2.18 bits per heavy atom. The van der Waals surface area contributed by atoms with Crippen molar-refractivity contribution in [3.05, 3.63) is 71.4 Å². The van der Waals surface area contributed by atoms with Gasteiger partial charge in [0.25, 0.3) is 11.8 Å². The van der Waals surface area contributed by atoms with Crippen molar-refractivity contribution >= 4 is 17.9 Å². The molecule has 2 amide bonds. The minimum atomic E-state index is -0.288. The summed E-state index contributed by atoms with van der Waals surface area (Å²) in [6.07, 6.45) is 5.99. The Kier molecular flexibility index (Phi) is 6.84. The maximum absolute atomic E-state index is 13.2. The number of nitrogens with zero attached hydrogens (tertiary/aromatic N) is 1. The zero-order valence-electron chi connectivity index (χ0n) is 16.2. The number of carbonyl (C=O) groups is 2. The fourth-order valence-corrected chi connectivity index (χ4v) is 3.25. The van der Waals surface area contributed by atoms with Crippen molar-refractivity contribution in [1.29, 1.82) is 0 Å². The molecule has 3 rings (SSSR count). The van der Waals surface area contributed by atoms with Crippen molar-refractivity contribution < 1.29 is 14.3 Å². The number of hydrogen-bond donors (Lipinski definition) is 1. The molecule has 0 bridgehead atoms. The Labute approximate surface area is 166 Å². The van der Waals surface area contributed by atoms with Crippen LogP contribution in [0.25, 0.3) is 6.08 Å². The molecule has 1 saturated heterocycles. The number of methoxy groups -OCH3 is 1. The van der Waals surface area contributed by atoms with Crippen LogP contribution in [0.2, 0.25) is 0 Å². The van der Waals surface area contributed by atoms with Gasteiger partial charge in [0.1, 0.15) is 11.4 Å². The van der Waals surface area contributed by atoms with Crippen LogP contribution in [0.3, 0.4) is 0 Å². The Morgan fingerprint density at radius 2 is 1.57 bits per heavy atom. The number of benzene rings is 2. The SMILES string of the molecule is COc1ccc(/C=C(/NC(=O)c2ccccc2)C(=O)N2CCCCCC2)cc1. The van der Waals surface area contributed by atoms with Crippen molar-refractivity contribution in [2.45, 2.75) is 25.7 Å². The van der Waals surface area contributed by atoms with Crippen LogP contribution in [0.1, 0.15) is 41.6 Å². The minimum absolute atomic E-state index is 0.137. The molecule has 0 unspecified atom stereocenters. The van der Waals surface area contributed by atoms with Gasteiger partial charge in [0, 0.05) is 18.7 Å². The lowest BCUT2D eigenvalue weighted by atomic mass is 10.1. The Hall–Kier alpha value is -3.08. The summed E-state index contributed by atoms with van der Waals surface area (Å²) in [7, 11) is 1.61. The van der Waals surface area contributed by atoms with Crippen LogP contribution < -0.4 is 10.1 Å². The molecule has 1 N–H and O–H groups in total. The van der Waals surface area contributed by atoms with Crippen molar-refractivity contribution in [3.8, 4) is 5.75 Å². The highest BCUT2D eigenvalue weighted by atomic mass is 16.5. The molecule has 2 aromatic rings. The maximum Gasteiger partial charge on any atom is 0.270 e. The molecule has 28 heavy (non-hydrogen) atoms. The number of carbonyl (C=O) groups excluding carboxylic acids is 2. The van der Waals surface area contributed by atoms with Gasteiger partial charge >= 0.3 is 0 Å². The molecule has 1 fully saturated rings. The van der Waals surface area contributed by atoms with E-state index in [9.17, 15) is 9.59 Å². The maximum atomic E-state index is 13.2. The molecule has 0 aliphatic carbocycles. The van der Waals surface area contributed by atoms with E-state index < -0.39 is 0 Å². The van der Waals surface area contributed by atoms with Crippen LogP contribution in [-0.2, 0) is 4.79 Å². The molecule has 5 nitrogen and oxygen atoms in total. The van der Waals surface area contributed by atoms with E-state index in [2.05, 4.69) is 5.32 Å². The third-order valence-corrected chi connectivity index (χ3v) is 4.83. The molecule has 1 aliphatic heterocycles. The Bertz CT molecular complexity index is 821. The highest BCUT2D eigenvalue weighted by molar-refractivity contribution is 6.05. The first kappa shape index (κ1) is 19.7. The lowest BCUT2D eigenvalue weighted by Gasteiger charge is -2.22. The van der Waals surface area contributed by atoms with Crippen molar-refractivity contribution in [2.24, 2.45) is 0 Å². The van der Waals surface area contributed by atoms with Crippen LogP contribution in [0.5, 0.6) is 5.75 Å². The minimum Gasteiger partial charge on any atom is -0.497 e. The van der Waals surface area contributed by atoms with Gasteiger partial charge in [-0.2, -0.15) is 0 Å². The summed E-state index contributed by atoms with van der Waals surface area (Å²) in [6.45, 7) is 1.44. The standard InChI is InChI=1S/C23H26N2O3/c1-28-20-13-11-18(12-14-20)17-21(23(27)25-15-7-2-3-8-16-25)24-22(26)19-9-5-4-6-10-19/h4-6,9-14,17H,2-3,7-8,15-16H2,1H3,(H,24,26)/b21-17+. The molecule has 0 saturated carbocycles. The number of amides is 2. The summed E-state index contributed by atoms with van der Waals surface area (Å²) in [5.41, 5.74) is 1.64. The van der Waals surface area contributed by atoms with Gasteiger partial charge in [0.2, 0.25) is 0 Å². The van der Waals surface area contributed by atoms with Crippen LogP contribution in [0.15, 0.2) is 60.3 Å². The summed E-state index contributed by atoms with van der Waals surface area (Å²) in [4.78, 5) is 27.7. The van der Waals surface area contributed by atoms with E-state index in [-0.39, 0.29) is 11.8 Å². The second kappa shape index (κ2) is 9.74. The van der Waals surface area contributed by atoms with Crippen LogP contribution in [-0.4, -0.2) is 36.9 Å². The van der Waals surface area contributed by atoms with Crippen LogP contribution in [0, 0.1) is 0 Å². The van der Waals surface area contributed by atoms with Gasteiger partial charge in [0.15, 0.2) is 0 Å². The van der Waals surface area contributed by atoms with E-state index in [4.69, 9.17) is 4.74 Å². The molecule has 0 aromatic heterocycles. The lowest BCUT2D eigenvalue weighted by Crippen LogP contribution is -2.39. The van der Waals surface area contributed by atoms with Gasteiger partial charge < -0.3 is 15.0 Å². The molecule has 0 spiro atoms. The summed E-state index contributed by atoms with van der Waals surface area (Å²) in [5, 5.41) is 2.83. The lowest BCUT2D eigenvalue weighted by molar-refractivity contribution is -0.127. The smallest absolute Gasteiger partial charge is 0.270 e. The summed E-state index contributed by atoms with van der Waals surface area (Å²) in [6, 6.07) is 16.3. The molecule has 1 heterocycles. The highest BCUT2D eigenvalue weighted by Crippen LogP contribution is 2.17. The molecule has 2 aromatic carbocycles. The fraction of sp³-hybridized carbons (Fsp3) is 0.304. The molecule has 0 atom stereocenters. The summed E-state index contributed by atoms with van der Waals surface area (Å²) < 4.78 is 5.19. The molecule has 146 valence electrons. The molecular weight excluding hydrogens is 352 g/mol.